The maximum Gasteiger partial charge on any atom is 0.274 e. The summed E-state index contributed by atoms with van der Waals surface area (Å²) >= 11 is 0. The maximum absolute atomic E-state index is 10.9. The third kappa shape index (κ3) is 4.58. The molecular weight excluding hydrogens is 262 g/mol. The molecule has 1 aromatic rings. The molecule has 0 amide bonds. The number of benzene rings is 1. The van der Waals surface area contributed by atoms with Gasteiger partial charge in [-0.25, -0.2) is 9.86 Å². The fourth-order valence-corrected chi connectivity index (χ4v) is 3.11. The van der Waals surface area contributed by atoms with Crippen molar-refractivity contribution in [2.75, 3.05) is 13.1 Å². The topological polar surface area (TPSA) is 75.4 Å². The molecule has 106 valence electrons. The highest BCUT2D eigenvalue weighted by molar-refractivity contribution is 7.87. The predicted molar refractivity (Wildman–Crippen MR) is 75.5 cm³/mol. The van der Waals surface area contributed by atoms with Crippen LogP contribution < -0.4 is 9.86 Å². The normalized spacial score (nSPS) is 24.7. The molecule has 2 rings (SSSR count). The highest BCUT2D eigenvalue weighted by Crippen LogP contribution is 2.24. The quantitative estimate of drug-likeness (QED) is 0.835. The van der Waals surface area contributed by atoms with Crippen LogP contribution in [-0.4, -0.2) is 32.4 Å². The van der Waals surface area contributed by atoms with Gasteiger partial charge < -0.3 is 0 Å². The van der Waals surface area contributed by atoms with Crippen molar-refractivity contribution in [1.29, 1.82) is 0 Å². The van der Waals surface area contributed by atoms with Gasteiger partial charge >= 0.3 is 0 Å². The summed E-state index contributed by atoms with van der Waals surface area (Å²) < 4.78 is 24.2. The molecule has 1 saturated heterocycles. The van der Waals surface area contributed by atoms with Gasteiger partial charge in [0.15, 0.2) is 0 Å². The third-order valence-electron chi connectivity index (χ3n) is 3.59. The first-order valence-electron chi connectivity index (χ1n) is 6.49. The van der Waals surface area contributed by atoms with Gasteiger partial charge in [0.1, 0.15) is 0 Å². The lowest BCUT2D eigenvalue weighted by molar-refractivity contribution is 0.255. The molecule has 6 heteroatoms. The van der Waals surface area contributed by atoms with Gasteiger partial charge in [-0.15, -0.1) is 0 Å². The summed E-state index contributed by atoms with van der Waals surface area (Å²) in [5.41, 5.74) is 1.29. The standard InChI is InChI=1S/C13H21N3O2S/c1-11-7-13(8-15-19(14,17)18)10-16(11)9-12-5-3-2-4-6-12/h2-6,11,13,15H,7-10H2,1H3,(H2,14,17,18)/t11-,13-/m1/s1. The molecule has 2 atom stereocenters. The highest BCUT2D eigenvalue weighted by Gasteiger charge is 2.29. The summed E-state index contributed by atoms with van der Waals surface area (Å²) in [5, 5.41) is 4.95. The Morgan fingerprint density at radius 1 is 1.37 bits per heavy atom. The van der Waals surface area contributed by atoms with Crippen LogP contribution in [0.1, 0.15) is 18.9 Å². The Morgan fingerprint density at radius 2 is 2.05 bits per heavy atom. The van der Waals surface area contributed by atoms with Crippen molar-refractivity contribution < 1.29 is 8.42 Å². The van der Waals surface area contributed by atoms with Crippen LogP contribution >= 0.6 is 0 Å². The van der Waals surface area contributed by atoms with Gasteiger partial charge in [0.25, 0.3) is 10.2 Å². The molecule has 1 aliphatic heterocycles. The van der Waals surface area contributed by atoms with E-state index in [1.54, 1.807) is 0 Å². The minimum Gasteiger partial charge on any atom is -0.296 e. The summed E-state index contributed by atoms with van der Waals surface area (Å²) in [6, 6.07) is 10.8. The van der Waals surface area contributed by atoms with Crippen molar-refractivity contribution >= 4 is 10.2 Å². The molecule has 1 heterocycles. The Bertz CT molecular complexity index is 504. The lowest BCUT2D eigenvalue weighted by Crippen LogP contribution is -2.35. The first-order valence-corrected chi connectivity index (χ1v) is 8.04. The molecule has 0 spiro atoms. The minimum absolute atomic E-state index is 0.331. The van der Waals surface area contributed by atoms with E-state index in [9.17, 15) is 8.42 Å². The zero-order valence-corrected chi connectivity index (χ0v) is 11.9. The molecule has 1 aliphatic rings. The van der Waals surface area contributed by atoms with Crippen LogP contribution in [-0.2, 0) is 16.8 Å². The lowest BCUT2D eigenvalue weighted by Gasteiger charge is -2.21. The monoisotopic (exact) mass is 283 g/mol. The van der Waals surface area contributed by atoms with Gasteiger partial charge in [0.2, 0.25) is 0 Å². The lowest BCUT2D eigenvalue weighted by atomic mass is 10.1. The van der Waals surface area contributed by atoms with E-state index in [1.807, 2.05) is 18.2 Å². The number of nitrogens with zero attached hydrogens (tertiary/aromatic N) is 1. The van der Waals surface area contributed by atoms with Crippen molar-refractivity contribution in [3.8, 4) is 0 Å². The average molecular weight is 283 g/mol. The van der Waals surface area contributed by atoms with Crippen LogP contribution in [0.15, 0.2) is 30.3 Å². The molecule has 0 saturated carbocycles. The number of hydrogen-bond donors (Lipinski definition) is 2. The smallest absolute Gasteiger partial charge is 0.274 e. The molecule has 0 radical (unpaired) electrons. The van der Waals surface area contributed by atoms with Gasteiger partial charge in [-0.3, -0.25) is 4.90 Å². The maximum atomic E-state index is 10.9. The van der Waals surface area contributed by atoms with E-state index in [4.69, 9.17) is 5.14 Å². The first kappa shape index (κ1) is 14.5. The zero-order valence-electron chi connectivity index (χ0n) is 11.1. The zero-order chi connectivity index (χ0) is 13.9. The fourth-order valence-electron chi connectivity index (χ4n) is 2.64. The van der Waals surface area contributed by atoms with Crippen LogP contribution in [0.4, 0.5) is 0 Å². The second-order valence-electron chi connectivity index (χ2n) is 5.26. The van der Waals surface area contributed by atoms with E-state index in [1.165, 1.54) is 5.56 Å². The fraction of sp³-hybridized carbons (Fsp3) is 0.538. The molecule has 5 nitrogen and oxygen atoms in total. The minimum atomic E-state index is -3.57. The van der Waals surface area contributed by atoms with E-state index >= 15 is 0 Å². The Labute approximate surface area is 115 Å². The Balaban J connectivity index is 1.87. The van der Waals surface area contributed by atoms with Crippen LogP contribution in [0, 0.1) is 5.92 Å². The Hall–Kier alpha value is -0.950. The van der Waals surface area contributed by atoms with Gasteiger partial charge in [-0.2, -0.15) is 8.42 Å². The highest BCUT2D eigenvalue weighted by atomic mass is 32.2. The SMILES string of the molecule is C[C@@H]1C[C@H](CNS(N)(=O)=O)CN1Cc1ccccc1. The molecule has 0 aromatic heterocycles. The van der Waals surface area contributed by atoms with E-state index in [0.717, 1.165) is 19.5 Å². The summed E-state index contributed by atoms with van der Waals surface area (Å²) in [6.07, 6.45) is 0.995. The molecule has 3 N–H and O–H groups in total. The summed E-state index contributed by atoms with van der Waals surface area (Å²) in [6.45, 7) is 4.42. The summed E-state index contributed by atoms with van der Waals surface area (Å²) in [5.74, 6) is 0.331. The predicted octanol–water partition coefficient (Wildman–Crippen LogP) is 0.690. The van der Waals surface area contributed by atoms with Crippen molar-refractivity contribution in [2.45, 2.75) is 25.9 Å². The van der Waals surface area contributed by atoms with Gasteiger partial charge in [0.05, 0.1) is 0 Å². The summed E-state index contributed by atoms with van der Waals surface area (Å²) in [7, 11) is -3.57. The number of nitrogens with two attached hydrogens (primary N) is 1. The van der Waals surface area contributed by atoms with Gasteiger partial charge in [0, 0.05) is 25.7 Å². The molecule has 1 fully saturated rings. The van der Waals surface area contributed by atoms with E-state index in [2.05, 4.69) is 28.7 Å². The third-order valence-corrected chi connectivity index (χ3v) is 4.16. The second-order valence-corrected chi connectivity index (χ2v) is 6.64. The largest absolute Gasteiger partial charge is 0.296 e. The van der Waals surface area contributed by atoms with Crippen molar-refractivity contribution in [3.63, 3.8) is 0 Å². The molecule has 1 aromatic carbocycles. The number of likely N-dealkylation sites (tertiary alicyclic amines) is 1. The molecule has 0 bridgehead atoms. The summed E-state index contributed by atoms with van der Waals surface area (Å²) in [4.78, 5) is 2.38. The van der Waals surface area contributed by atoms with Gasteiger partial charge in [-0.1, -0.05) is 30.3 Å². The van der Waals surface area contributed by atoms with E-state index in [-0.39, 0.29) is 0 Å². The van der Waals surface area contributed by atoms with Crippen LogP contribution in [0.3, 0.4) is 0 Å². The van der Waals surface area contributed by atoms with Gasteiger partial charge in [-0.05, 0) is 24.8 Å². The molecular formula is C13H21N3O2S. The van der Waals surface area contributed by atoms with Crippen molar-refractivity contribution in [2.24, 2.45) is 11.1 Å². The number of hydrogen-bond acceptors (Lipinski definition) is 3. The van der Waals surface area contributed by atoms with Crippen molar-refractivity contribution in [1.82, 2.24) is 9.62 Å². The second kappa shape index (κ2) is 6.00. The van der Waals surface area contributed by atoms with Crippen LogP contribution in [0.25, 0.3) is 0 Å². The molecule has 19 heavy (non-hydrogen) atoms. The number of nitrogens with one attached hydrogen (secondary N) is 1. The number of rotatable bonds is 5. The Kier molecular flexibility index (Phi) is 4.57. The molecule has 0 aliphatic carbocycles. The van der Waals surface area contributed by atoms with E-state index in [0.29, 0.717) is 18.5 Å². The first-order chi connectivity index (χ1) is 8.94. The van der Waals surface area contributed by atoms with Crippen LogP contribution in [0.2, 0.25) is 0 Å². The Morgan fingerprint density at radius 3 is 2.68 bits per heavy atom. The van der Waals surface area contributed by atoms with Crippen LogP contribution in [0.5, 0.6) is 0 Å². The van der Waals surface area contributed by atoms with E-state index < -0.39 is 10.2 Å². The van der Waals surface area contributed by atoms with Crippen molar-refractivity contribution in [3.05, 3.63) is 35.9 Å². The molecule has 0 unspecified atom stereocenters. The average Bonchev–Trinajstić information content (AvgIpc) is 2.68.